The molecule has 1 aromatic carbocycles. The number of rotatable bonds is 3. The number of piperidine rings is 1. The molecule has 0 aromatic heterocycles. The van der Waals surface area contributed by atoms with Crippen LogP contribution in [0.2, 0.25) is 10.0 Å². The van der Waals surface area contributed by atoms with Crippen molar-refractivity contribution in [2.75, 3.05) is 13.1 Å². The van der Waals surface area contributed by atoms with Gasteiger partial charge in [0.25, 0.3) is 5.91 Å². The first-order valence-electron chi connectivity index (χ1n) is 6.43. The molecule has 0 radical (unpaired) electrons. The summed E-state index contributed by atoms with van der Waals surface area (Å²) >= 11 is 11.7. The van der Waals surface area contributed by atoms with Crippen molar-refractivity contribution in [1.82, 2.24) is 4.90 Å². The van der Waals surface area contributed by atoms with Crippen LogP contribution in [0.3, 0.4) is 0 Å². The summed E-state index contributed by atoms with van der Waals surface area (Å²) in [6, 6.07) is 4.82. The number of carbonyl (C=O) groups is 2. The Bertz CT molecular complexity index is 525. The zero-order valence-electron chi connectivity index (χ0n) is 10.8. The van der Waals surface area contributed by atoms with Crippen LogP contribution in [-0.4, -0.2) is 35.0 Å². The molecule has 6 heteroatoms. The maximum Gasteiger partial charge on any atom is 0.303 e. The van der Waals surface area contributed by atoms with Crippen molar-refractivity contribution < 1.29 is 14.7 Å². The first-order chi connectivity index (χ1) is 9.47. The monoisotopic (exact) mass is 315 g/mol. The number of nitrogens with zero attached hydrogens (tertiary/aromatic N) is 1. The Balaban J connectivity index is 1.97. The van der Waals surface area contributed by atoms with Gasteiger partial charge in [-0.1, -0.05) is 23.2 Å². The van der Waals surface area contributed by atoms with Gasteiger partial charge < -0.3 is 10.0 Å². The molecule has 1 amide bonds. The van der Waals surface area contributed by atoms with Crippen molar-refractivity contribution in [3.63, 3.8) is 0 Å². The van der Waals surface area contributed by atoms with Gasteiger partial charge in [-0.2, -0.15) is 0 Å². The minimum atomic E-state index is -0.778. The highest BCUT2D eigenvalue weighted by molar-refractivity contribution is 6.42. The van der Waals surface area contributed by atoms with E-state index in [0.717, 1.165) is 12.8 Å². The van der Waals surface area contributed by atoms with E-state index in [1.54, 1.807) is 23.1 Å². The third kappa shape index (κ3) is 3.64. The largest absolute Gasteiger partial charge is 0.481 e. The molecule has 1 fully saturated rings. The molecular formula is C14H15Cl2NO3. The number of carboxylic acid groups (broad SMARTS) is 1. The number of benzene rings is 1. The summed E-state index contributed by atoms with van der Waals surface area (Å²) < 4.78 is 0. The highest BCUT2D eigenvalue weighted by Gasteiger charge is 2.25. The van der Waals surface area contributed by atoms with Crippen LogP contribution in [0.5, 0.6) is 0 Å². The van der Waals surface area contributed by atoms with E-state index in [1.165, 1.54) is 0 Å². The van der Waals surface area contributed by atoms with Crippen LogP contribution in [0.4, 0.5) is 0 Å². The van der Waals surface area contributed by atoms with Crippen molar-refractivity contribution in [1.29, 1.82) is 0 Å². The van der Waals surface area contributed by atoms with E-state index in [2.05, 4.69) is 0 Å². The van der Waals surface area contributed by atoms with E-state index >= 15 is 0 Å². The number of carboxylic acids is 1. The van der Waals surface area contributed by atoms with E-state index in [4.69, 9.17) is 28.3 Å². The number of aliphatic carboxylic acids is 1. The molecule has 1 saturated heterocycles. The van der Waals surface area contributed by atoms with Crippen LogP contribution in [0, 0.1) is 5.92 Å². The zero-order valence-corrected chi connectivity index (χ0v) is 12.3. The molecule has 1 heterocycles. The maximum atomic E-state index is 12.3. The van der Waals surface area contributed by atoms with E-state index in [0.29, 0.717) is 28.7 Å². The molecule has 0 saturated carbocycles. The summed E-state index contributed by atoms with van der Waals surface area (Å²) in [7, 11) is 0. The Morgan fingerprint density at radius 2 is 1.85 bits per heavy atom. The molecule has 0 bridgehead atoms. The summed E-state index contributed by atoms with van der Waals surface area (Å²) in [6.07, 6.45) is 1.62. The average molecular weight is 316 g/mol. The Labute approximate surface area is 127 Å². The van der Waals surface area contributed by atoms with Crippen LogP contribution in [0.15, 0.2) is 18.2 Å². The lowest BCUT2D eigenvalue weighted by atomic mass is 9.93. The van der Waals surface area contributed by atoms with Gasteiger partial charge in [-0.3, -0.25) is 9.59 Å². The summed E-state index contributed by atoms with van der Waals surface area (Å²) in [5.74, 6) is -0.707. The van der Waals surface area contributed by atoms with Gasteiger partial charge in [0, 0.05) is 25.1 Å². The van der Waals surface area contributed by atoms with Gasteiger partial charge in [-0.15, -0.1) is 0 Å². The second-order valence-electron chi connectivity index (χ2n) is 4.96. The van der Waals surface area contributed by atoms with E-state index in [1.807, 2.05) is 0 Å². The van der Waals surface area contributed by atoms with Crippen LogP contribution in [0.25, 0.3) is 0 Å². The number of amides is 1. The van der Waals surface area contributed by atoms with Gasteiger partial charge in [0.15, 0.2) is 0 Å². The molecule has 0 aliphatic carbocycles. The van der Waals surface area contributed by atoms with E-state index in [9.17, 15) is 9.59 Å². The number of hydrogen-bond acceptors (Lipinski definition) is 2. The smallest absolute Gasteiger partial charge is 0.303 e. The van der Waals surface area contributed by atoms with E-state index < -0.39 is 5.97 Å². The number of likely N-dealkylation sites (tertiary alicyclic amines) is 1. The predicted octanol–water partition coefficient (Wildman–Crippen LogP) is 3.32. The molecule has 1 N–H and O–H groups in total. The fourth-order valence-electron chi connectivity index (χ4n) is 2.40. The summed E-state index contributed by atoms with van der Waals surface area (Å²) in [6.45, 7) is 1.16. The van der Waals surface area contributed by atoms with Gasteiger partial charge in [0.1, 0.15) is 0 Å². The lowest BCUT2D eigenvalue weighted by Crippen LogP contribution is -2.38. The topological polar surface area (TPSA) is 57.6 Å². The Hall–Kier alpha value is -1.26. The standard InChI is InChI=1S/C14H15Cl2NO3/c15-11-2-1-10(8-12(11)16)14(20)17-5-3-9(4-6-17)7-13(18)19/h1-2,8-9H,3-7H2,(H,18,19). The average Bonchev–Trinajstić information content (AvgIpc) is 2.41. The van der Waals surface area contributed by atoms with Crippen LogP contribution < -0.4 is 0 Å². The summed E-state index contributed by atoms with van der Waals surface area (Å²) in [5, 5.41) is 9.55. The summed E-state index contributed by atoms with van der Waals surface area (Å²) in [5.41, 5.74) is 0.510. The zero-order chi connectivity index (χ0) is 14.7. The molecule has 0 unspecified atom stereocenters. The van der Waals surface area contributed by atoms with Crippen LogP contribution in [0.1, 0.15) is 29.6 Å². The maximum absolute atomic E-state index is 12.3. The highest BCUT2D eigenvalue weighted by Crippen LogP contribution is 2.25. The van der Waals surface area contributed by atoms with Gasteiger partial charge in [-0.05, 0) is 37.0 Å². The van der Waals surface area contributed by atoms with Crippen molar-refractivity contribution in [2.24, 2.45) is 5.92 Å². The van der Waals surface area contributed by atoms with Gasteiger partial charge in [0.05, 0.1) is 10.0 Å². The van der Waals surface area contributed by atoms with E-state index in [-0.39, 0.29) is 18.2 Å². The fourth-order valence-corrected chi connectivity index (χ4v) is 2.70. The van der Waals surface area contributed by atoms with Crippen LogP contribution >= 0.6 is 23.2 Å². The second kappa shape index (κ2) is 6.46. The number of halogens is 2. The van der Waals surface area contributed by atoms with Crippen molar-refractivity contribution in [3.05, 3.63) is 33.8 Å². The van der Waals surface area contributed by atoms with Gasteiger partial charge in [-0.25, -0.2) is 0 Å². The molecule has 2 rings (SSSR count). The first-order valence-corrected chi connectivity index (χ1v) is 7.19. The first kappa shape index (κ1) is 15.1. The Kier molecular flexibility index (Phi) is 4.89. The third-order valence-electron chi connectivity index (χ3n) is 3.53. The number of hydrogen-bond donors (Lipinski definition) is 1. The molecule has 108 valence electrons. The third-order valence-corrected chi connectivity index (χ3v) is 4.27. The van der Waals surface area contributed by atoms with Gasteiger partial charge in [0.2, 0.25) is 0 Å². The lowest BCUT2D eigenvalue weighted by Gasteiger charge is -2.31. The minimum Gasteiger partial charge on any atom is -0.481 e. The molecule has 0 spiro atoms. The molecule has 1 aliphatic heterocycles. The highest BCUT2D eigenvalue weighted by atomic mass is 35.5. The molecule has 0 atom stereocenters. The molecule has 1 aromatic rings. The molecule has 1 aliphatic rings. The molecular weight excluding hydrogens is 301 g/mol. The lowest BCUT2D eigenvalue weighted by molar-refractivity contribution is -0.138. The fraction of sp³-hybridized carbons (Fsp3) is 0.429. The van der Waals surface area contributed by atoms with Gasteiger partial charge >= 0.3 is 5.97 Å². The van der Waals surface area contributed by atoms with Crippen LogP contribution in [-0.2, 0) is 4.79 Å². The van der Waals surface area contributed by atoms with Crippen molar-refractivity contribution in [2.45, 2.75) is 19.3 Å². The SMILES string of the molecule is O=C(O)CC1CCN(C(=O)c2ccc(Cl)c(Cl)c2)CC1. The summed E-state index contributed by atoms with van der Waals surface area (Å²) in [4.78, 5) is 24.7. The second-order valence-corrected chi connectivity index (χ2v) is 5.78. The normalized spacial score (nSPS) is 16.2. The number of carbonyl (C=O) groups excluding carboxylic acids is 1. The molecule has 4 nitrogen and oxygen atoms in total. The quantitative estimate of drug-likeness (QED) is 0.930. The van der Waals surface area contributed by atoms with Crippen molar-refractivity contribution >= 4 is 35.1 Å². The minimum absolute atomic E-state index is 0.0858. The Morgan fingerprint density at radius 3 is 2.40 bits per heavy atom. The Morgan fingerprint density at radius 1 is 1.20 bits per heavy atom. The van der Waals surface area contributed by atoms with Crippen molar-refractivity contribution in [3.8, 4) is 0 Å². The molecule has 20 heavy (non-hydrogen) atoms. The predicted molar refractivity (Wildman–Crippen MR) is 77.3 cm³/mol.